The van der Waals surface area contributed by atoms with Crippen molar-refractivity contribution in [2.45, 2.75) is 25.7 Å². The molecule has 0 bridgehead atoms. The Morgan fingerprint density at radius 2 is 2.19 bits per heavy atom. The minimum atomic E-state index is -0.804. The summed E-state index contributed by atoms with van der Waals surface area (Å²) in [5.41, 5.74) is 1.80. The fourth-order valence-corrected chi connectivity index (χ4v) is 3.24. The molecule has 1 aliphatic rings. The zero-order valence-electron chi connectivity index (χ0n) is 11.6. The number of halogens is 1. The molecule has 1 N–H and O–H groups in total. The Morgan fingerprint density at radius 1 is 1.43 bits per heavy atom. The molecule has 6 heteroatoms. The average molecular weight is 353 g/mol. The Balaban J connectivity index is 1.59. The summed E-state index contributed by atoms with van der Waals surface area (Å²) in [6.07, 6.45) is 2.99. The molecule has 1 fully saturated rings. The first-order valence-electron chi connectivity index (χ1n) is 7.15. The van der Waals surface area contributed by atoms with E-state index in [1.165, 1.54) is 4.90 Å². The van der Waals surface area contributed by atoms with Gasteiger partial charge in [0, 0.05) is 22.9 Å². The summed E-state index contributed by atoms with van der Waals surface area (Å²) in [5, 5.41) is 14.2. The molecule has 1 saturated heterocycles. The molecule has 3 rings (SSSR count). The summed E-state index contributed by atoms with van der Waals surface area (Å²) < 4.78 is 6.34. The molecule has 0 spiro atoms. The second-order valence-corrected chi connectivity index (χ2v) is 6.44. The smallest absolute Gasteiger partial charge is 0.407 e. The van der Waals surface area contributed by atoms with Gasteiger partial charge >= 0.3 is 6.09 Å². The monoisotopic (exact) mass is 352 g/mol. The van der Waals surface area contributed by atoms with E-state index in [1.807, 2.05) is 18.2 Å². The Morgan fingerprint density at radius 3 is 2.90 bits per heavy atom. The number of rotatable bonds is 3. The summed E-state index contributed by atoms with van der Waals surface area (Å²) in [7, 11) is 0. The van der Waals surface area contributed by atoms with Gasteiger partial charge in [-0.25, -0.2) is 4.79 Å². The molecule has 1 aromatic heterocycles. The fraction of sp³-hybridized carbons (Fsp3) is 0.467. The lowest BCUT2D eigenvalue weighted by Gasteiger charge is -2.29. The van der Waals surface area contributed by atoms with Crippen LogP contribution >= 0.6 is 15.9 Å². The number of aromatic nitrogens is 1. The highest BCUT2D eigenvalue weighted by atomic mass is 79.9. The minimum absolute atomic E-state index is 0.572. The first-order valence-corrected chi connectivity index (χ1v) is 7.94. The van der Waals surface area contributed by atoms with E-state index in [4.69, 9.17) is 9.63 Å². The molecule has 21 heavy (non-hydrogen) atoms. The van der Waals surface area contributed by atoms with Gasteiger partial charge in [-0.1, -0.05) is 21.1 Å². The summed E-state index contributed by atoms with van der Waals surface area (Å²) in [4.78, 5) is 12.4. The molecule has 0 atom stereocenters. The Kier molecular flexibility index (Phi) is 4.14. The predicted molar refractivity (Wildman–Crippen MR) is 82.4 cm³/mol. The zero-order chi connectivity index (χ0) is 14.8. The van der Waals surface area contributed by atoms with Crippen molar-refractivity contribution in [3.8, 4) is 0 Å². The first-order chi connectivity index (χ1) is 10.1. The lowest BCUT2D eigenvalue weighted by Crippen LogP contribution is -2.37. The van der Waals surface area contributed by atoms with E-state index in [9.17, 15) is 4.79 Å². The van der Waals surface area contributed by atoms with Crippen LogP contribution < -0.4 is 0 Å². The number of carboxylic acid groups (broad SMARTS) is 1. The second-order valence-electron chi connectivity index (χ2n) is 5.52. The van der Waals surface area contributed by atoms with Crippen molar-refractivity contribution in [3.63, 3.8) is 0 Å². The minimum Gasteiger partial charge on any atom is -0.465 e. The molecule has 1 amide bonds. The lowest BCUT2D eigenvalue weighted by molar-refractivity contribution is 0.123. The molecular weight excluding hydrogens is 336 g/mol. The van der Waals surface area contributed by atoms with Crippen molar-refractivity contribution in [1.29, 1.82) is 0 Å². The maximum Gasteiger partial charge on any atom is 0.407 e. The number of nitrogens with zero attached hydrogens (tertiary/aromatic N) is 2. The van der Waals surface area contributed by atoms with Crippen molar-refractivity contribution in [1.82, 2.24) is 10.1 Å². The maximum atomic E-state index is 10.9. The van der Waals surface area contributed by atoms with Crippen LogP contribution in [0.25, 0.3) is 11.0 Å². The van der Waals surface area contributed by atoms with Gasteiger partial charge in [0.25, 0.3) is 0 Å². The van der Waals surface area contributed by atoms with Gasteiger partial charge in [0.05, 0.1) is 5.69 Å². The zero-order valence-corrected chi connectivity index (χ0v) is 13.2. The Bertz CT molecular complexity index is 647. The number of amides is 1. The van der Waals surface area contributed by atoms with E-state index in [-0.39, 0.29) is 0 Å². The highest BCUT2D eigenvalue weighted by Crippen LogP contribution is 2.26. The van der Waals surface area contributed by atoms with E-state index in [2.05, 4.69) is 21.1 Å². The van der Waals surface area contributed by atoms with Crippen LogP contribution in [-0.4, -0.2) is 34.3 Å². The summed E-state index contributed by atoms with van der Waals surface area (Å²) in [6, 6.07) is 5.95. The number of hydrogen-bond donors (Lipinski definition) is 1. The standard InChI is InChI=1S/C15H17BrN2O3/c16-11-2-3-12-13(17-21-14(12)9-11)4-1-10-5-7-18(8-6-10)15(19)20/h2-3,9-10H,1,4-8H2,(H,19,20). The highest BCUT2D eigenvalue weighted by Gasteiger charge is 2.22. The quantitative estimate of drug-likeness (QED) is 0.909. The van der Waals surface area contributed by atoms with Gasteiger partial charge in [-0.15, -0.1) is 0 Å². The van der Waals surface area contributed by atoms with Crippen molar-refractivity contribution < 1.29 is 14.4 Å². The molecule has 0 unspecified atom stereocenters. The predicted octanol–water partition coefficient (Wildman–Crippen LogP) is 3.91. The van der Waals surface area contributed by atoms with E-state index >= 15 is 0 Å². The van der Waals surface area contributed by atoms with Crippen LogP contribution in [0.2, 0.25) is 0 Å². The Hall–Kier alpha value is -1.56. The molecule has 112 valence electrons. The molecule has 0 saturated carbocycles. The molecule has 2 heterocycles. The summed E-state index contributed by atoms with van der Waals surface area (Å²) in [5.74, 6) is 0.572. The van der Waals surface area contributed by atoms with Crippen LogP contribution in [0, 0.1) is 5.92 Å². The number of hydrogen-bond acceptors (Lipinski definition) is 3. The van der Waals surface area contributed by atoms with Crippen LogP contribution in [-0.2, 0) is 6.42 Å². The molecule has 1 aliphatic heterocycles. The van der Waals surface area contributed by atoms with Crippen LogP contribution in [0.15, 0.2) is 27.2 Å². The van der Waals surface area contributed by atoms with Crippen molar-refractivity contribution in [2.24, 2.45) is 5.92 Å². The largest absolute Gasteiger partial charge is 0.465 e. The number of carbonyl (C=O) groups is 1. The third-order valence-corrected chi connectivity index (χ3v) is 4.68. The number of aryl methyl sites for hydroxylation is 1. The van der Waals surface area contributed by atoms with Crippen LogP contribution in [0.3, 0.4) is 0 Å². The van der Waals surface area contributed by atoms with Gasteiger partial charge in [-0.3, -0.25) is 0 Å². The molecule has 2 aromatic rings. The number of fused-ring (bicyclic) bond motifs is 1. The lowest BCUT2D eigenvalue weighted by atomic mass is 9.91. The van der Waals surface area contributed by atoms with Gasteiger partial charge in [-0.2, -0.15) is 0 Å². The summed E-state index contributed by atoms with van der Waals surface area (Å²) >= 11 is 3.42. The number of likely N-dealkylation sites (tertiary alicyclic amines) is 1. The third kappa shape index (κ3) is 3.20. The molecule has 1 aromatic carbocycles. The number of piperidine rings is 1. The number of benzene rings is 1. The molecule has 5 nitrogen and oxygen atoms in total. The molecular formula is C15H17BrN2O3. The van der Waals surface area contributed by atoms with Crippen molar-refractivity contribution >= 4 is 33.0 Å². The van der Waals surface area contributed by atoms with Crippen molar-refractivity contribution in [2.75, 3.05) is 13.1 Å². The fourth-order valence-electron chi connectivity index (χ4n) is 2.90. The molecule has 0 radical (unpaired) electrons. The third-order valence-electron chi connectivity index (χ3n) is 4.18. The maximum absolute atomic E-state index is 10.9. The van der Waals surface area contributed by atoms with E-state index in [0.29, 0.717) is 19.0 Å². The van der Waals surface area contributed by atoms with Crippen molar-refractivity contribution in [3.05, 3.63) is 28.4 Å². The van der Waals surface area contributed by atoms with Crippen LogP contribution in [0.5, 0.6) is 0 Å². The topological polar surface area (TPSA) is 66.6 Å². The second kappa shape index (κ2) is 6.05. The van der Waals surface area contributed by atoms with Gasteiger partial charge in [0.2, 0.25) is 0 Å². The normalized spacial score (nSPS) is 16.5. The van der Waals surface area contributed by atoms with Gasteiger partial charge in [0.1, 0.15) is 0 Å². The van der Waals surface area contributed by atoms with Crippen LogP contribution in [0.1, 0.15) is 25.0 Å². The molecule has 0 aliphatic carbocycles. The van der Waals surface area contributed by atoms with Gasteiger partial charge < -0.3 is 14.5 Å². The SMILES string of the molecule is O=C(O)N1CCC(CCc2noc3cc(Br)ccc23)CC1. The highest BCUT2D eigenvalue weighted by molar-refractivity contribution is 9.10. The Labute approximate surface area is 131 Å². The van der Waals surface area contributed by atoms with E-state index in [1.54, 1.807) is 0 Å². The average Bonchev–Trinajstić information content (AvgIpc) is 2.87. The van der Waals surface area contributed by atoms with Gasteiger partial charge in [0.15, 0.2) is 5.58 Å². The van der Waals surface area contributed by atoms with E-state index in [0.717, 1.165) is 46.8 Å². The van der Waals surface area contributed by atoms with Crippen LogP contribution in [0.4, 0.5) is 4.79 Å². The first kappa shape index (κ1) is 14.4. The summed E-state index contributed by atoms with van der Waals surface area (Å²) in [6.45, 7) is 1.29. The van der Waals surface area contributed by atoms with Gasteiger partial charge in [-0.05, 0) is 49.8 Å². The van der Waals surface area contributed by atoms with E-state index < -0.39 is 6.09 Å².